The van der Waals surface area contributed by atoms with Crippen molar-refractivity contribution in [2.24, 2.45) is 0 Å². The van der Waals surface area contributed by atoms with E-state index in [-0.39, 0.29) is 12.5 Å². The number of aliphatic hydroxyl groups excluding tert-OH is 1. The number of amides is 1. The Morgan fingerprint density at radius 3 is 2.81 bits per heavy atom. The van der Waals surface area contributed by atoms with Crippen LogP contribution in [0.4, 0.5) is 0 Å². The Morgan fingerprint density at radius 1 is 1.33 bits per heavy atom. The Hall–Kier alpha value is -1.39. The predicted molar refractivity (Wildman–Crippen MR) is 83.8 cm³/mol. The molecule has 1 N–H and O–H groups in total. The van der Waals surface area contributed by atoms with Crippen LogP contribution in [0, 0.1) is 0 Å². The molecule has 0 aliphatic carbocycles. The first-order valence-corrected chi connectivity index (χ1v) is 7.83. The van der Waals surface area contributed by atoms with Crippen molar-refractivity contribution in [1.29, 1.82) is 0 Å². The van der Waals surface area contributed by atoms with Crippen molar-refractivity contribution in [2.75, 3.05) is 26.7 Å². The van der Waals surface area contributed by atoms with Gasteiger partial charge in [0.15, 0.2) is 0 Å². The minimum Gasteiger partial charge on any atom is -0.396 e. The number of hydrogen-bond acceptors (Lipinski definition) is 3. The zero-order valence-corrected chi connectivity index (χ0v) is 12.9. The second kappa shape index (κ2) is 8.15. The van der Waals surface area contributed by atoms with Gasteiger partial charge in [0.05, 0.1) is 6.54 Å². The first kappa shape index (κ1) is 16.0. The smallest absolute Gasteiger partial charge is 0.236 e. The van der Waals surface area contributed by atoms with Crippen LogP contribution >= 0.6 is 0 Å². The van der Waals surface area contributed by atoms with Crippen LogP contribution in [0.1, 0.15) is 31.2 Å². The second-order valence-corrected chi connectivity index (χ2v) is 5.87. The lowest BCUT2D eigenvalue weighted by Gasteiger charge is -2.35. The standard InChI is InChI=1S/C17H26N2O2/c1-18(13-15-7-3-2-4-8-15)17(21)14-19-11-6-5-9-16(19)10-12-20/h2-4,7-8,16,20H,5-6,9-14H2,1H3. The van der Waals surface area contributed by atoms with E-state index in [0.717, 1.165) is 31.4 Å². The summed E-state index contributed by atoms with van der Waals surface area (Å²) in [4.78, 5) is 16.4. The molecule has 1 heterocycles. The van der Waals surface area contributed by atoms with Gasteiger partial charge >= 0.3 is 0 Å². The van der Waals surface area contributed by atoms with Crippen LogP contribution < -0.4 is 0 Å². The number of carbonyl (C=O) groups excluding carboxylic acids is 1. The second-order valence-electron chi connectivity index (χ2n) is 5.87. The van der Waals surface area contributed by atoms with E-state index in [1.165, 1.54) is 6.42 Å². The Morgan fingerprint density at radius 2 is 2.10 bits per heavy atom. The molecule has 0 radical (unpaired) electrons. The summed E-state index contributed by atoms with van der Waals surface area (Å²) in [5.41, 5.74) is 1.15. The van der Waals surface area contributed by atoms with Crippen LogP contribution in [0.25, 0.3) is 0 Å². The fourth-order valence-corrected chi connectivity index (χ4v) is 2.98. The summed E-state index contributed by atoms with van der Waals surface area (Å²) in [6, 6.07) is 10.4. The molecular formula is C17H26N2O2. The molecule has 0 bridgehead atoms. The van der Waals surface area contributed by atoms with Crippen molar-refractivity contribution in [1.82, 2.24) is 9.80 Å². The minimum atomic E-state index is 0.156. The predicted octanol–water partition coefficient (Wildman–Crippen LogP) is 1.88. The summed E-state index contributed by atoms with van der Waals surface area (Å²) >= 11 is 0. The van der Waals surface area contributed by atoms with E-state index >= 15 is 0 Å². The molecule has 1 unspecified atom stereocenters. The lowest BCUT2D eigenvalue weighted by molar-refractivity contribution is -0.132. The highest BCUT2D eigenvalue weighted by Gasteiger charge is 2.24. The van der Waals surface area contributed by atoms with Gasteiger partial charge in [0, 0.05) is 26.2 Å². The van der Waals surface area contributed by atoms with E-state index in [0.29, 0.717) is 19.1 Å². The molecule has 1 saturated heterocycles. The maximum absolute atomic E-state index is 12.4. The van der Waals surface area contributed by atoms with Crippen molar-refractivity contribution >= 4 is 5.91 Å². The van der Waals surface area contributed by atoms with Gasteiger partial charge in [-0.2, -0.15) is 0 Å². The number of benzene rings is 1. The lowest BCUT2D eigenvalue weighted by Crippen LogP contribution is -2.46. The number of carbonyl (C=O) groups is 1. The van der Waals surface area contributed by atoms with Crippen LogP contribution in [0.3, 0.4) is 0 Å². The average molecular weight is 290 g/mol. The van der Waals surface area contributed by atoms with E-state index in [1.54, 1.807) is 4.90 Å². The maximum atomic E-state index is 12.4. The zero-order chi connectivity index (χ0) is 15.1. The van der Waals surface area contributed by atoms with E-state index in [4.69, 9.17) is 5.11 Å². The number of aliphatic hydroxyl groups is 1. The van der Waals surface area contributed by atoms with E-state index in [2.05, 4.69) is 4.90 Å². The van der Waals surface area contributed by atoms with Gasteiger partial charge in [0.25, 0.3) is 0 Å². The monoisotopic (exact) mass is 290 g/mol. The van der Waals surface area contributed by atoms with Crippen LogP contribution in [0.2, 0.25) is 0 Å². The molecule has 0 spiro atoms. The topological polar surface area (TPSA) is 43.8 Å². The summed E-state index contributed by atoms with van der Waals surface area (Å²) in [5.74, 6) is 0.156. The van der Waals surface area contributed by atoms with Crippen molar-refractivity contribution in [3.05, 3.63) is 35.9 Å². The van der Waals surface area contributed by atoms with Crippen LogP contribution in [0.15, 0.2) is 30.3 Å². The maximum Gasteiger partial charge on any atom is 0.236 e. The quantitative estimate of drug-likeness (QED) is 0.870. The summed E-state index contributed by atoms with van der Waals surface area (Å²) in [6.07, 6.45) is 4.22. The fourth-order valence-electron chi connectivity index (χ4n) is 2.98. The van der Waals surface area contributed by atoms with Crippen molar-refractivity contribution in [3.8, 4) is 0 Å². The first-order valence-electron chi connectivity index (χ1n) is 7.83. The highest BCUT2D eigenvalue weighted by molar-refractivity contribution is 5.78. The molecule has 1 atom stereocenters. The minimum absolute atomic E-state index is 0.156. The molecule has 2 rings (SSSR count). The third kappa shape index (κ3) is 4.83. The zero-order valence-electron chi connectivity index (χ0n) is 12.9. The Balaban J connectivity index is 1.87. The highest BCUT2D eigenvalue weighted by atomic mass is 16.3. The third-order valence-corrected chi connectivity index (χ3v) is 4.24. The first-order chi connectivity index (χ1) is 10.2. The van der Waals surface area contributed by atoms with Gasteiger partial charge in [0.2, 0.25) is 5.91 Å². The molecule has 1 aliphatic heterocycles. The molecular weight excluding hydrogens is 264 g/mol. The number of rotatable bonds is 6. The molecule has 0 saturated carbocycles. The normalized spacial score (nSPS) is 19.4. The van der Waals surface area contributed by atoms with Gasteiger partial charge in [-0.15, -0.1) is 0 Å². The van der Waals surface area contributed by atoms with Crippen molar-refractivity contribution in [3.63, 3.8) is 0 Å². The fraction of sp³-hybridized carbons (Fsp3) is 0.588. The van der Waals surface area contributed by atoms with Gasteiger partial charge in [-0.05, 0) is 31.4 Å². The number of likely N-dealkylation sites (tertiary alicyclic amines) is 1. The largest absolute Gasteiger partial charge is 0.396 e. The Bertz CT molecular complexity index is 434. The number of nitrogens with zero attached hydrogens (tertiary/aromatic N) is 2. The number of likely N-dealkylation sites (N-methyl/N-ethyl adjacent to an activating group) is 1. The molecule has 1 aromatic rings. The molecule has 0 aromatic heterocycles. The van der Waals surface area contributed by atoms with Gasteiger partial charge < -0.3 is 10.0 Å². The molecule has 1 fully saturated rings. The summed E-state index contributed by atoms with van der Waals surface area (Å²) in [5, 5.41) is 9.15. The molecule has 21 heavy (non-hydrogen) atoms. The molecule has 1 aliphatic rings. The van der Waals surface area contributed by atoms with Gasteiger partial charge in [0.1, 0.15) is 0 Å². The lowest BCUT2D eigenvalue weighted by atomic mass is 9.99. The molecule has 1 amide bonds. The molecule has 4 nitrogen and oxygen atoms in total. The van der Waals surface area contributed by atoms with Gasteiger partial charge in [-0.25, -0.2) is 0 Å². The highest BCUT2D eigenvalue weighted by Crippen LogP contribution is 2.19. The van der Waals surface area contributed by atoms with Crippen LogP contribution in [0.5, 0.6) is 0 Å². The summed E-state index contributed by atoms with van der Waals surface area (Å²) in [6.45, 7) is 2.29. The Kier molecular flexibility index (Phi) is 6.21. The van der Waals surface area contributed by atoms with Crippen molar-refractivity contribution in [2.45, 2.75) is 38.3 Å². The SMILES string of the molecule is CN(Cc1ccccc1)C(=O)CN1CCCCC1CCO. The van der Waals surface area contributed by atoms with Crippen LogP contribution in [-0.2, 0) is 11.3 Å². The molecule has 4 heteroatoms. The van der Waals surface area contributed by atoms with E-state index in [1.807, 2.05) is 37.4 Å². The third-order valence-electron chi connectivity index (χ3n) is 4.24. The van der Waals surface area contributed by atoms with E-state index in [9.17, 15) is 4.79 Å². The van der Waals surface area contributed by atoms with Crippen LogP contribution in [-0.4, -0.2) is 53.6 Å². The van der Waals surface area contributed by atoms with E-state index < -0.39 is 0 Å². The number of hydrogen-bond donors (Lipinski definition) is 1. The molecule has 1 aromatic carbocycles. The summed E-state index contributed by atoms with van der Waals surface area (Å²) < 4.78 is 0. The van der Waals surface area contributed by atoms with Gasteiger partial charge in [-0.3, -0.25) is 9.69 Å². The average Bonchev–Trinajstić information content (AvgIpc) is 2.50. The van der Waals surface area contributed by atoms with Gasteiger partial charge in [-0.1, -0.05) is 36.8 Å². The molecule has 116 valence electrons. The Labute approximate surface area is 127 Å². The summed E-state index contributed by atoms with van der Waals surface area (Å²) in [7, 11) is 1.86. The number of piperidine rings is 1. The van der Waals surface area contributed by atoms with Crippen molar-refractivity contribution < 1.29 is 9.90 Å².